The molecule has 1 heterocycles. The Balaban J connectivity index is 2.28. The Morgan fingerprint density at radius 1 is 1.50 bits per heavy atom. The van der Waals surface area contributed by atoms with E-state index in [-0.39, 0.29) is 24.1 Å². The number of likely N-dealkylation sites (tertiary alicyclic amines) is 1. The molecule has 1 N–H and O–H groups in total. The van der Waals surface area contributed by atoms with Gasteiger partial charge in [-0.2, -0.15) is 0 Å². The number of benzene rings is 1. The predicted octanol–water partition coefficient (Wildman–Crippen LogP) is 2.38. The van der Waals surface area contributed by atoms with Crippen molar-refractivity contribution in [2.75, 3.05) is 6.54 Å². The smallest absolute Gasteiger partial charge is 0.305 e. The van der Waals surface area contributed by atoms with Crippen LogP contribution < -0.4 is 0 Å². The van der Waals surface area contributed by atoms with E-state index in [4.69, 9.17) is 5.11 Å². The number of carbonyl (C=O) groups excluding carboxylic acids is 1. The van der Waals surface area contributed by atoms with Crippen LogP contribution in [0.1, 0.15) is 24.4 Å². The van der Waals surface area contributed by atoms with Crippen molar-refractivity contribution >= 4 is 11.9 Å². The standard InChI is InChI=1S/C15H16FNO3/c1-2-10-7-14(18)17(9-10)13(8-15(19)20)11-3-5-12(16)6-4-11/h2-6,10,13H,1,7-9H2,(H,19,20). The van der Waals surface area contributed by atoms with Gasteiger partial charge in [-0.05, 0) is 17.7 Å². The molecule has 0 aromatic heterocycles. The number of carboxylic acid groups (broad SMARTS) is 1. The second-order valence-corrected chi connectivity index (χ2v) is 4.91. The van der Waals surface area contributed by atoms with Crippen LogP contribution in [-0.2, 0) is 9.59 Å². The van der Waals surface area contributed by atoms with Gasteiger partial charge in [0.25, 0.3) is 0 Å². The van der Waals surface area contributed by atoms with E-state index in [1.165, 1.54) is 24.3 Å². The van der Waals surface area contributed by atoms with Gasteiger partial charge in [-0.25, -0.2) is 4.39 Å². The lowest BCUT2D eigenvalue weighted by Gasteiger charge is -2.27. The average molecular weight is 277 g/mol. The first-order chi connectivity index (χ1) is 9.51. The van der Waals surface area contributed by atoms with Crippen LogP contribution in [0, 0.1) is 11.7 Å². The summed E-state index contributed by atoms with van der Waals surface area (Å²) in [5.74, 6) is -1.43. The third-order valence-corrected chi connectivity index (χ3v) is 3.52. The molecule has 1 aliphatic rings. The Kier molecular flexibility index (Phi) is 4.17. The molecule has 4 nitrogen and oxygen atoms in total. The number of hydrogen-bond donors (Lipinski definition) is 1. The summed E-state index contributed by atoms with van der Waals surface area (Å²) in [6.07, 6.45) is 1.86. The van der Waals surface area contributed by atoms with Gasteiger partial charge in [0.1, 0.15) is 5.82 Å². The molecule has 20 heavy (non-hydrogen) atoms. The van der Waals surface area contributed by atoms with E-state index in [0.29, 0.717) is 18.5 Å². The highest BCUT2D eigenvalue weighted by atomic mass is 19.1. The number of nitrogens with zero attached hydrogens (tertiary/aromatic N) is 1. The van der Waals surface area contributed by atoms with Crippen LogP contribution in [-0.4, -0.2) is 28.4 Å². The maximum absolute atomic E-state index is 13.0. The highest BCUT2D eigenvalue weighted by molar-refractivity contribution is 5.80. The van der Waals surface area contributed by atoms with Gasteiger partial charge in [0.2, 0.25) is 5.91 Å². The molecule has 0 spiro atoms. The quantitative estimate of drug-likeness (QED) is 0.841. The third-order valence-electron chi connectivity index (χ3n) is 3.52. The maximum atomic E-state index is 13.0. The van der Waals surface area contributed by atoms with Crippen LogP contribution in [0.25, 0.3) is 0 Å². The molecule has 0 saturated carbocycles. The van der Waals surface area contributed by atoms with Crippen molar-refractivity contribution < 1.29 is 19.1 Å². The summed E-state index contributed by atoms with van der Waals surface area (Å²) in [6, 6.07) is 5.03. The highest BCUT2D eigenvalue weighted by Crippen LogP contribution is 2.31. The van der Waals surface area contributed by atoms with Crippen LogP contribution in [0.3, 0.4) is 0 Å². The van der Waals surface area contributed by atoms with Gasteiger partial charge in [0, 0.05) is 18.9 Å². The number of carboxylic acids is 1. The number of aliphatic carboxylic acids is 1. The molecule has 1 aromatic rings. The van der Waals surface area contributed by atoms with E-state index >= 15 is 0 Å². The Morgan fingerprint density at radius 3 is 2.65 bits per heavy atom. The molecule has 2 rings (SSSR count). The van der Waals surface area contributed by atoms with E-state index < -0.39 is 12.0 Å². The number of rotatable bonds is 5. The summed E-state index contributed by atoms with van der Waals surface area (Å²) in [6.45, 7) is 4.13. The number of hydrogen-bond acceptors (Lipinski definition) is 2. The average Bonchev–Trinajstić information content (AvgIpc) is 2.78. The number of carbonyl (C=O) groups is 2. The van der Waals surface area contributed by atoms with Crippen molar-refractivity contribution in [1.82, 2.24) is 4.90 Å². The van der Waals surface area contributed by atoms with Crippen molar-refractivity contribution in [2.45, 2.75) is 18.9 Å². The zero-order chi connectivity index (χ0) is 14.7. The van der Waals surface area contributed by atoms with Crippen LogP contribution in [0.5, 0.6) is 0 Å². The molecule has 1 aliphatic heterocycles. The second-order valence-electron chi connectivity index (χ2n) is 4.91. The molecular formula is C15H16FNO3. The molecule has 5 heteroatoms. The first-order valence-electron chi connectivity index (χ1n) is 6.40. The number of amides is 1. The van der Waals surface area contributed by atoms with Gasteiger partial charge in [-0.3, -0.25) is 9.59 Å². The fraction of sp³-hybridized carbons (Fsp3) is 0.333. The normalized spacial score (nSPS) is 19.9. The largest absolute Gasteiger partial charge is 0.481 e. The molecule has 2 atom stereocenters. The fourth-order valence-corrected chi connectivity index (χ4v) is 2.48. The lowest BCUT2D eigenvalue weighted by atomic mass is 10.0. The molecule has 1 saturated heterocycles. The van der Waals surface area contributed by atoms with E-state index in [9.17, 15) is 14.0 Å². The van der Waals surface area contributed by atoms with Crippen LogP contribution in [0.2, 0.25) is 0 Å². The summed E-state index contributed by atoms with van der Waals surface area (Å²) >= 11 is 0. The Hall–Kier alpha value is -2.17. The second kappa shape index (κ2) is 5.86. The predicted molar refractivity (Wildman–Crippen MR) is 71.4 cm³/mol. The van der Waals surface area contributed by atoms with E-state index in [1.54, 1.807) is 11.0 Å². The Labute approximate surface area is 116 Å². The van der Waals surface area contributed by atoms with E-state index in [1.807, 2.05) is 0 Å². The van der Waals surface area contributed by atoms with Crippen molar-refractivity contribution in [2.24, 2.45) is 5.92 Å². The maximum Gasteiger partial charge on any atom is 0.305 e. The fourth-order valence-electron chi connectivity index (χ4n) is 2.48. The molecule has 1 aromatic carbocycles. The van der Waals surface area contributed by atoms with Crippen molar-refractivity contribution in [3.63, 3.8) is 0 Å². The molecule has 2 unspecified atom stereocenters. The summed E-state index contributed by atoms with van der Waals surface area (Å²) in [4.78, 5) is 24.6. The van der Waals surface area contributed by atoms with Crippen molar-refractivity contribution in [1.29, 1.82) is 0 Å². The lowest BCUT2D eigenvalue weighted by Crippen LogP contribution is -2.31. The van der Waals surface area contributed by atoms with Gasteiger partial charge >= 0.3 is 5.97 Å². The summed E-state index contributed by atoms with van der Waals surface area (Å²) in [5, 5.41) is 9.04. The minimum Gasteiger partial charge on any atom is -0.481 e. The molecule has 0 aliphatic carbocycles. The molecule has 1 amide bonds. The SMILES string of the molecule is C=CC1CC(=O)N(C(CC(=O)O)c2ccc(F)cc2)C1. The van der Waals surface area contributed by atoms with Gasteiger partial charge in [0.15, 0.2) is 0 Å². The van der Waals surface area contributed by atoms with Crippen LogP contribution >= 0.6 is 0 Å². The van der Waals surface area contributed by atoms with Crippen molar-refractivity contribution in [3.05, 3.63) is 48.3 Å². The number of halogens is 1. The molecule has 106 valence electrons. The first-order valence-corrected chi connectivity index (χ1v) is 6.40. The van der Waals surface area contributed by atoms with Gasteiger partial charge in [-0.15, -0.1) is 6.58 Å². The minimum atomic E-state index is -0.992. The summed E-state index contributed by atoms with van der Waals surface area (Å²) in [5.41, 5.74) is 0.631. The molecular weight excluding hydrogens is 261 g/mol. The Bertz CT molecular complexity index is 526. The van der Waals surface area contributed by atoms with Crippen LogP contribution in [0.4, 0.5) is 4.39 Å². The topological polar surface area (TPSA) is 57.6 Å². The highest BCUT2D eigenvalue weighted by Gasteiger charge is 2.34. The lowest BCUT2D eigenvalue weighted by molar-refractivity contribution is -0.139. The molecule has 0 bridgehead atoms. The van der Waals surface area contributed by atoms with Gasteiger partial charge < -0.3 is 10.0 Å². The monoisotopic (exact) mass is 277 g/mol. The zero-order valence-electron chi connectivity index (χ0n) is 11.0. The zero-order valence-corrected chi connectivity index (χ0v) is 11.0. The van der Waals surface area contributed by atoms with Gasteiger partial charge in [0.05, 0.1) is 12.5 Å². The van der Waals surface area contributed by atoms with Gasteiger partial charge in [-0.1, -0.05) is 18.2 Å². The summed E-state index contributed by atoms with van der Waals surface area (Å²) < 4.78 is 13.0. The molecule has 0 radical (unpaired) electrons. The van der Waals surface area contributed by atoms with E-state index in [0.717, 1.165) is 0 Å². The van der Waals surface area contributed by atoms with Crippen molar-refractivity contribution in [3.8, 4) is 0 Å². The third kappa shape index (κ3) is 3.04. The minimum absolute atomic E-state index is 0.0410. The summed E-state index contributed by atoms with van der Waals surface area (Å²) in [7, 11) is 0. The first kappa shape index (κ1) is 14.2. The van der Waals surface area contributed by atoms with E-state index in [2.05, 4.69) is 6.58 Å². The molecule has 1 fully saturated rings. The Morgan fingerprint density at radius 2 is 2.15 bits per heavy atom. The van der Waals surface area contributed by atoms with Crippen LogP contribution in [0.15, 0.2) is 36.9 Å².